The molecule has 1 aliphatic rings. The molecule has 1 aromatic carbocycles. The second-order valence-corrected chi connectivity index (χ2v) is 8.04. The van der Waals surface area contributed by atoms with Crippen molar-refractivity contribution < 1.29 is 17.6 Å². The molecule has 0 unspecified atom stereocenters. The molecule has 0 atom stereocenters. The first-order valence-corrected chi connectivity index (χ1v) is 10.1. The molecule has 0 aliphatic carbocycles. The lowest BCUT2D eigenvalue weighted by molar-refractivity contribution is -0.126. The van der Waals surface area contributed by atoms with Gasteiger partial charge in [-0.1, -0.05) is 30.3 Å². The van der Waals surface area contributed by atoms with Crippen LogP contribution < -0.4 is 10.0 Å². The van der Waals surface area contributed by atoms with Gasteiger partial charge in [-0.3, -0.25) is 4.79 Å². The Labute approximate surface area is 153 Å². The van der Waals surface area contributed by atoms with Crippen molar-refractivity contribution in [2.45, 2.75) is 25.9 Å². The van der Waals surface area contributed by atoms with Gasteiger partial charge in [-0.05, 0) is 30.5 Å². The maximum atomic E-state index is 12.4. The molecule has 3 rings (SSSR count). The number of carbonyl (C=O) groups is 1. The van der Waals surface area contributed by atoms with E-state index in [9.17, 15) is 13.2 Å². The van der Waals surface area contributed by atoms with Gasteiger partial charge in [0.25, 0.3) is 10.2 Å². The van der Waals surface area contributed by atoms with Gasteiger partial charge in [-0.2, -0.15) is 17.4 Å². The SMILES string of the molecule is O=C(NCc1ccco1)C1CCN(S(=O)(=O)NCc2ccccc2)CC1. The van der Waals surface area contributed by atoms with Crippen LogP contribution in [0.25, 0.3) is 0 Å². The number of benzene rings is 1. The third kappa shape index (κ3) is 4.94. The highest BCUT2D eigenvalue weighted by molar-refractivity contribution is 7.87. The van der Waals surface area contributed by atoms with Crippen LogP contribution in [0.2, 0.25) is 0 Å². The molecule has 2 aromatic rings. The Balaban J connectivity index is 1.45. The summed E-state index contributed by atoms with van der Waals surface area (Å²) in [6.45, 7) is 1.28. The van der Waals surface area contributed by atoms with E-state index in [-0.39, 0.29) is 18.4 Å². The van der Waals surface area contributed by atoms with Gasteiger partial charge < -0.3 is 9.73 Å². The van der Waals surface area contributed by atoms with Gasteiger partial charge in [0.15, 0.2) is 0 Å². The lowest BCUT2D eigenvalue weighted by Crippen LogP contribution is -2.47. The molecule has 1 fully saturated rings. The summed E-state index contributed by atoms with van der Waals surface area (Å²) in [5.74, 6) is 0.463. The topological polar surface area (TPSA) is 91.7 Å². The lowest BCUT2D eigenvalue weighted by atomic mass is 9.97. The Morgan fingerprint density at radius 2 is 1.81 bits per heavy atom. The summed E-state index contributed by atoms with van der Waals surface area (Å²) in [5.41, 5.74) is 0.906. The number of hydrogen-bond acceptors (Lipinski definition) is 4. The van der Waals surface area contributed by atoms with Crippen LogP contribution in [0, 0.1) is 5.92 Å². The molecule has 0 saturated carbocycles. The van der Waals surface area contributed by atoms with Crippen LogP contribution in [0.5, 0.6) is 0 Å². The molecule has 1 aromatic heterocycles. The first-order valence-electron chi connectivity index (χ1n) is 8.63. The minimum Gasteiger partial charge on any atom is -0.467 e. The monoisotopic (exact) mass is 377 g/mol. The number of nitrogens with zero attached hydrogens (tertiary/aromatic N) is 1. The van der Waals surface area contributed by atoms with E-state index in [1.807, 2.05) is 30.3 Å². The minimum absolute atomic E-state index is 0.0595. The standard InChI is InChI=1S/C18H23N3O4S/c22-18(19-14-17-7-4-12-25-17)16-8-10-21(11-9-16)26(23,24)20-13-15-5-2-1-3-6-15/h1-7,12,16,20H,8-11,13-14H2,(H,19,22). The van der Waals surface area contributed by atoms with Crippen molar-refractivity contribution >= 4 is 16.1 Å². The zero-order valence-corrected chi connectivity index (χ0v) is 15.2. The molecule has 0 radical (unpaired) electrons. The summed E-state index contributed by atoms with van der Waals surface area (Å²) in [6, 6.07) is 12.9. The fourth-order valence-electron chi connectivity index (χ4n) is 2.95. The molecular weight excluding hydrogens is 354 g/mol. The highest BCUT2D eigenvalue weighted by Gasteiger charge is 2.30. The molecule has 2 heterocycles. The number of rotatable bonds is 7. The predicted molar refractivity (Wildman–Crippen MR) is 97.1 cm³/mol. The number of amides is 1. The largest absolute Gasteiger partial charge is 0.467 e. The van der Waals surface area contributed by atoms with Crippen LogP contribution in [0.4, 0.5) is 0 Å². The summed E-state index contributed by atoms with van der Waals surface area (Å²) < 4.78 is 34.0. The van der Waals surface area contributed by atoms with Crippen molar-refractivity contribution in [1.82, 2.24) is 14.3 Å². The number of carbonyl (C=O) groups excluding carboxylic acids is 1. The van der Waals surface area contributed by atoms with Gasteiger partial charge in [0, 0.05) is 25.6 Å². The predicted octanol–water partition coefficient (Wildman–Crippen LogP) is 1.64. The van der Waals surface area contributed by atoms with Crippen LogP contribution in [0.15, 0.2) is 53.1 Å². The summed E-state index contributed by atoms with van der Waals surface area (Å²) in [6.07, 6.45) is 2.58. The molecule has 7 nitrogen and oxygen atoms in total. The summed E-state index contributed by atoms with van der Waals surface area (Å²) in [5, 5.41) is 2.84. The van der Waals surface area contributed by atoms with Crippen LogP contribution >= 0.6 is 0 Å². The highest BCUT2D eigenvalue weighted by Crippen LogP contribution is 2.19. The number of piperidine rings is 1. The average molecular weight is 377 g/mol. The smallest absolute Gasteiger partial charge is 0.279 e. The molecule has 0 spiro atoms. The fourth-order valence-corrected chi connectivity index (χ4v) is 4.17. The molecule has 0 bridgehead atoms. The number of hydrogen-bond donors (Lipinski definition) is 2. The Kier molecular flexibility index (Phi) is 6.08. The lowest BCUT2D eigenvalue weighted by Gasteiger charge is -2.30. The van der Waals surface area contributed by atoms with Gasteiger partial charge in [0.05, 0.1) is 12.8 Å². The zero-order valence-electron chi connectivity index (χ0n) is 14.4. The second kappa shape index (κ2) is 8.48. The minimum atomic E-state index is -3.54. The quantitative estimate of drug-likeness (QED) is 0.767. The first kappa shape index (κ1) is 18.6. The van der Waals surface area contributed by atoms with Gasteiger partial charge in [-0.15, -0.1) is 0 Å². The van der Waals surface area contributed by atoms with E-state index in [2.05, 4.69) is 10.0 Å². The van der Waals surface area contributed by atoms with E-state index < -0.39 is 10.2 Å². The summed E-state index contributed by atoms with van der Waals surface area (Å²) in [7, 11) is -3.54. The summed E-state index contributed by atoms with van der Waals surface area (Å²) in [4.78, 5) is 12.2. The van der Waals surface area contributed by atoms with Crippen molar-refractivity contribution in [3.8, 4) is 0 Å². The van der Waals surface area contributed by atoms with Gasteiger partial charge in [0.1, 0.15) is 5.76 Å². The van der Waals surface area contributed by atoms with Gasteiger partial charge >= 0.3 is 0 Å². The van der Waals surface area contributed by atoms with E-state index in [4.69, 9.17) is 4.42 Å². The Hall–Kier alpha value is -2.16. The van der Waals surface area contributed by atoms with E-state index in [1.54, 1.807) is 18.4 Å². The van der Waals surface area contributed by atoms with Crippen molar-refractivity contribution in [3.63, 3.8) is 0 Å². The molecule has 2 N–H and O–H groups in total. The van der Waals surface area contributed by atoms with E-state index in [0.29, 0.717) is 38.2 Å². The molecule has 26 heavy (non-hydrogen) atoms. The van der Waals surface area contributed by atoms with Crippen molar-refractivity contribution in [1.29, 1.82) is 0 Å². The van der Waals surface area contributed by atoms with Crippen LogP contribution in [-0.4, -0.2) is 31.7 Å². The normalized spacial score (nSPS) is 16.5. The van der Waals surface area contributed by atoms with Crippen LogP contribution in [-0.2, 0) is 28.1 Å². The van der Waals surface area contributed by atoms with Crippen molar-refractivity contribution in [2.75, 3.05) is 13.1 Å². The Morgan fingerprint density at radius 1 is 1.08 bits per heavy atom. The number of furan rings is 1. The van der Waals surface area contributed by atoms with E-state index >= 15 is 0 Å². The fraction of sp³-hybridized carbons (Fsp3) is 0.389. The van der Waals surface area contributed by atoms with E-state index in [1.165, 1.54) is 4.31 Å². The van der Waals surface area contributed by atoms with Crippen molar-refractivity contribution in [3.05, 3.63) is 60.1 Å². The first-order chi connectivity index (χ1) is 12.5. The molecule has 140 valence electrons. The third-order valence-electron chi connectivity index (χ3n) is 4.48. The van der Waals surface area contributed by atoms with Gasteiger partial charge in [0.2, 0.25) is 5.91 Å². The van der Waals surface area contributed by atoms with Crippen LogP contribution in [0.3, 0.4) is 0 Å². The molecule has 1 amide bonds. The molecule has 1 saturated heterocycles. The molecule has 8 heteroatoms. The number of nitrogens with one attached hydrogen (secondary N) is 2. The maximum absolute atomic E-state index is 12.4. The Morgan fingerprint density at radius 3 is 2.46 bits per heavy atom. The average Bonchev–Trinajstić information content (AvgIpc) is 3.19. The maximum Gasteiger partial charge on any atom is 0.279 e. The van der Waals surface area contributed by atoms with Crippen LogP contribution in [0.1, 0.15) is 24.2 Å². The molecule has 1 aliphatic heterocycles. The third-order valence-corrected chi connectivity index (χ3v) is 6.04. The van der Waals surface area contributed by atoms with E-state index in [0.717, 1.165) is 5.56 Å². The van der Waals surface area contributed by atoms with Crippen molar-refractivity contribution in [2.24, 2.45) is 5.92 Å². The Bertz CT molecular complexity index is 798. The summed E-state index contributed by atoms with van der Waals surface area (Å²) >= 11 is 0. The second-order valence-electron chi connectivity index (χ2n) is 6.28. The highest BCUT2D eigenvalue weighted by atomic mass is 32.2. The zero-order chi connectivity index (χ0) is 18.4. The van der Waals surface area contributed by atoms with Gasteiger partial charge in [-0.25, -0.2) is 0 Å². The molecular formula is C18H23N3O4S.